The first kappa shape index (κ1) is 15.6. The quantitative estimate of drug-likeness (QED) is 0.855. The van der Waals surface area contributed by atoms with Crippen LogP contribution in [0.15, 0.2) is 48.5 Å². The zero-order valence-electron chi connectivity index (χ0n) is 12.6. The van der Waals surface area contributed by atoms with Gasteiger partial charge in [-0.25, -0.2) is 0 Å². The number of anilines is 1. The summed E-state index contributed by atoms with van der Waals surface area (Å²) in [6.07, 6.45) is 0.923. The molecule has 0 aromatic heterocycles. The predicted octanol–water partition coefficient (Wildman–Crippen LogP) is 4.43. The van der Waals surface area contributed by atoms with Gasteiger partial charge >= 0.3 is 0 Å². The van der Waals surface area contributed by atoms with Crippen LogP contribution in [0.3, 0.4) is 0 Å². The van der Waals surface area contributed by atoms with E-state index in [4.69, 9.17) is 0 Å². The van der Waals surface area contributed by atoms with E-state index < -0.39 is 0 Å². The number of rotatable bonds is 6. The lowest BCUT2D eigenvalue weighted by Gasteiger charge is -2.10. The van der Waals surface area contributed by atoms with E-state index in [0.29, 0.717) is 5.75 Å². The standard InChI is InChI=1S/C18H21NOS/c1-3-15-9-6-7-11-17(15)19-18(20)13-21-12-16-10-5-4-8-14(16)2/h4-11H,3,12-13H2,1-2H3,(H,19,20). The number of para-hydroxylation sites is 1. The molecule has 0 fully saturated rings. The highest BCUT2D eigenvalue weighted by Gasteiger charge is 2.06. The fraction of sp³-hybridized carbons (Fsp3) is 0.278. The molecule has 0 unspecified atom stereocenters. The van der Waals surface area contributed by atoms with Gasteiger partial charge < -0.3 is 5.32 Å². The summed E-state index contributed by atoms with van der Waals surface area (Å²) < 4.78 is 0. The number of amides is 1. The third kappa shape index (κ3) is 4.64. The Morgan fingerprint density at radius 2 is 1.71 bits per heavy atom. The molecule has 0 spiro atoms. The Bertz CT molecular complexity index is 610. The Morgan fingerprint density at radius 1 is 1.05 bits per heavy atom. The molecule has 0 aliphatic rings. The summed E-state index contributed by atoms with van der Waals surface area (Å²) in [5.41, 5.74) is 4.68. The van der Waals surface area contributed by atoms with Gasteiger partial charge in [0.05, 0.1) is 5.75 Å². The van der Waals surface area contributed by atoms with Crippen LogP contribution in [0, 0.1) is 6.92 Å². The molecule has 0 aliphatic carbocycles. The minimum absolute atomic E-state index is 0.0643. The van der Waals surface area contributed by atoms with Gasteiger partial charge in [0.15, 0.2) is 0 Å². The number of carbonyl (C=O) groups excluding carboxylic acids is 1. The summed E-state index contributed by atoms with van der Waals surface area (Å²) in [5.74, 6) is 1.41. The molecule has 0 aliphatic heterocycles. The van der Waals surface area contributed by atoms with Gasteiger partial charge in [0.1, 0.15) is 0 Å². The van der Waals surface area contributed by atoms with Crippen LogP contribution in [0.5, 0.6) is 0 Å². The fourth-order valence-electron chi connectivity index (χ4n) is 2.16. The van der Waals surface area contributed by atoms with Crippen molar-refractivity contribution in [3.63, 3.8) is 0 Å². The minimum atomic E-state index is 0.0643. The number of hydrogen-bond acceptors (Lipinski definition) is 2. The summed E-state index contributed by atoms with van der Waals surface area (Å²) in [6.45, 7) is 4.20. The molecule has 21 heavy (non-hydrogen) atoms. The molecule has 1 N–H and O–H groups in total. The van der Waals surface area contributed by atoms with Crippen molar-refractivity contribution in [1.29, 1.82) is 0 Å². The molecule has 0 saturated carbocycles. The number of carbonyl (C=O) groups is 1. The summed E-state index contributed by atoms with van der Waals surface area (Å²) in [7, 11) is 0. The molecule has 2 nitrogen and oxygen atoms in total. The lowest BCUT2D eigenvalue weighted by atomic mass is 10.1. The highest BCUT2D eigenvalue weighted by Crippen LogP contribution is 2.18. The number of benzene rings is 2. The molecular weight excluding hydrogens is 278 g/mol. The number of nitrogens with one attached hydrogen (secondary N) is 1. The molecule has 0 heterocycles. The Hall–Kier alpha value is -1.74. The monoisotopic (exact) mass is 299 g/mol. The molecule has 0 atom stereocenters. The number of hydrogen-bond donors (Lipinski definition) is 1. The van der Waals surface area contributed by atoms with Crippen molar-refractivity contribution in [3.8, 4) is 0 Å². The molecule has 0 saturated heterocycles. The SMILES string of the molecule is CCc1ccccc1NC(=O)CSCc1ccccc1C. The van der Waals surface area contributed by atoms with Crippen LogP contribution in [0.25, 0.3) is 0 Å². The molecule has 2 aromatic carbocycles. The molecule has 2 rings (SSSR count). The first-order chi connectivity index (χ1) is 10.2. The van der Waals surface area contributed by atoms with E-state index in [-0.39, 0.29) is 5.91 Å². The van der Waals surface area contributed by atoms with Crippen molar-refractivity contribution in [2.45, 2.75) is 26.0 Å². The average Bonchev–Trinajstić information content (AvgIpc) is 2.50. The second kappa shape index (κ2) is 7.89. The van der Waals surface area contributed by atoms with Gasteiger partial charge in [-0.15, -0.1) is 11.8 Å². The van der Waals surface area contributed by atoms with E-state index in [2.05, 4.69) is 37.4 Å². The molecule has 1 amide bonds. The maximum Gasteiger partial charge on any atom is 0.234 e. The summed E-state index contributed by atoms with van der Waals surface area (Å²) in [5, 5.41) is 3.00. The Balaban J connectivity index is 1.84. The normalized spacial score (nSPS) is 10.4. The first-order valence-corrected chi connectivity index (χ1v) is 8.36. The second-order valence-electron chi connectivity index (χ2n) is 4.98. The molecule has 0 radical (unpaired) electrons. The van der Waals surface area contributed by atoms with Gasteiger partial charge in [-0.1, -0.05) is 49.4 Å². The highest BCUT2D eigenvalue weighted by atomic mass is 32.2. The van der Waals surface area contributed by atoms with Crippen molar-refractivity contribution in [1.82, 2.24) is 0 Å². The van der Waals surface area contributed by atoms with Crippen molar-refractivity contribution in [2.24, 2.45) is 0 Å². The van der Waals surface area contributed by atoms with Gasteiger partial charge in [0, 0.05) is 11.4 Å². The van der Waals surface area contributed by atoms with Gasteiger partial charge in [-0.05, 0) is 36.1 Å². The molecule has 0 bridgehead atoms. The largest absolute Gasteiger partial charge is 0.325 e. The lowest BCUT2D eigenvalue weighted by Crippen LogP contribution is -2.15. The van der Waals surface area contributed by atoms with Crippen LogP contribution in [0.1, 0.15) is 23.6 Å². The summed E-state index contributed by atoms with van der Waals surface area (Å²) >= 11 is 1.65. The van der Waals surface area contributed by atoms with Crippen molar-refractivity contribution in [3.05, 3.63) is 65.2 Å². The van der Waals surface area contributed by atoms with Crippen molar-refractivity contribution in [2.75, 3.05) is 11.1 Å². The second-order valence-corrected chi connectivity index (χ2v) is 5.96. The van der Waals surface area contributed by atoms with E-state index in [1.165, 1.54) is 16.7 Å². The van der Waals surface area contributed by atoms with Gasteiger partial charge in [0.25, 0.3) is 0 Å². The van der Waals surface area contributed by atoms with E-state index >= 15 is 0 Å². The predicted molar refractivity (Wildman–Crippen MR) is 91.8 cm³/mol. The van der Waals surface area contributed by atoms with Gasteiger partial charge in [0.2, 0.25) is 5.91 Å². The van der Waals surface area contributed by atoms with Crippen LogP contribution in [0.2, 0.25) is 0 Å². The summed E-state index contributed by atoms with van der Waals surface area (Å²) in [4.78, 5) is 12.0. The molecule has 2 aromatic rings. The fourth-order valence-corrected chi connectivity index (χ4v) is 3.07. The van der Waals surface area contributed by atoms with Gasteiger partial charge in [-0.2, -0.15) is 0 Å². The Morgan fingerprint density at radius 3 is 2.43 bits per heavy atom. The molecule has 3 heteroatoms. The molecule has 110 valence electrons. The smallest absolute Gasteiger partial charge is 0.234 e. The zero-order chi connectivity index (χ0) is 15.1. The van der Waals surface area contributed by atoms with Crippen LogP contribution in [-0.4, -0.2) is 11.7 Å². The first-order valence-electron chi connectivity index (χ1n) is 7.20. The topological polar surface area (TPSA) is 29.1 Å². The van der Waals surface area contributed by atoms with E-state index in [9.17, 15) is 4.79 Å². The third-order valence-corrected chi connectivity index (χ3v) is 4.41. The molecular formula is C18H21NOS. The minimum Gasteiger partial charge on any atom is -0.325 e. The van der Waals surface area contributed by atoms with Crippen molar-refractivity contribution < 1.29 is 4.79 Å². The maximum absolute atomic E-state index is 12.0. The van der Waals surface area contributed by atoms with Crippen LogP contribution >= 0.6 is 11.8 Å². The average molecular weight is 299 g/mol. The Kier molecular flexibility index (Phi) is 5.88. The third-order valence-electron chi connectivity index (χ3n) is 3.42. The van der Waals surface area contributed by atoms with E-state index in [0.717, 1.165) is 17.9 Å². The number of thioether (sulfide) groups is 1. The zero-order valence-corrected chi connectivity index (χ0v) is 13.4. The van der Waals surface area contributed by atoms with E-state index in [1.54, 1.807) is 11.8 Å². The maximum atomic E-state index is 12.0. The Labute approximate surface area is 131 Å². The van der Waals surface area contributed by atoms with Crippen LogP contribution in [-0.2, 0) is 17.0 Å². The van der Waals surface area contributed by atoms with Gasteiger partial charge in [-0.3, -0.25) is 4.79 Å². The van der Waals surface area contributed by atoms with Crippen molar-refractivity contribution >= 4 is 23.4 Å². The van der Waals surface area contributed by atoms with Crippen LogP contribution < -0.4 is 5.32 Å². The lowest BCUT2D eigenvalue weighted by molar-refractivity contribution is -0.113. The van der Waals surface area contributed by atoms with Crippen LogP contribution in [0.4, 0.5) is 5.69 Å². The van der Waals surface area contributed by atoms with E-state index in [1.807, 2.05) is 30.3 Å². The highest BCUT2D eigenvalue weighted by molar-refractivity contribution is 7.99. The summed E-state index contributed by atoms with van der Waals surface area (Å²) in [6, 6.07) is 16.3. The number of aryl methyl sites for hydroxylation is 2.